The van der Waals surface area contributed by atoms with E-state index in [0.29, 0.717) is 22.7 Å². The summed E-state index contributed by atoms with van der Waals surface area (Å²) >= 11 is 2.97. The number of aromatic nitrogens is 2. The van der Waals surface area contributed by atoms with Gasteiger partial charge in [-0.15, -0.1) is 23.1 Å². The van der Waals surface area contributed by atoms with Crippen molar-refractivity contribution in [1.29, 1.82) is 0 Å². The van der Waals surface area contributed by atoms with E-state index in [9.17, 15) is 9.59 Å². The van der Waals surface area contributed by atoms with Gasteiger partial charge in [-0.05, 0) is 24.5 Å². The molecule has 5 nitrogen and oxygen atoms in total. The lowest BCUT2D eigenvalue weighted by atomic mass is 10.2. The molecule has 1 amide bonds. The topological polar surface area (TPSA) is 74.8 Å². The summed E-state index contributed by atoms with van der Waals surface area (Å²) in [7, 11) is 0. The number of carbonyl (C=O) groups is 1. The van der Waals surface area contributed by atoms with Crippen molar-refractivity contribution in [3.63, 3.8) is 0 Å². The second kappa shape index (κ2) is 9.19. The van der Waals surface area contributed by atoms with Gasteiger partial charge in [0.05, 0.1) is 16.9 Å². The van der Waals surface area contributed by atoms with E-state index in [4.69, 9.17) is 0 Å². The number of hydrogen-bond donors (Lipinski definition) is 2. The Hall–Kier alpha value is -2.12. The number of fused-ring (bicyclic) bond motifs is 1. The molecule has 0 aliphatic rings. The van der Waals surface area contributed by atoms with E-state index in [2.05, 4.69) is 29.1 Å². The third kappa shape index (κ3) is 4.99. The number of carbonyl (C=O) groups excluding carboxylic acids is 1. The van der Waals surface area contributed by atoms with Crippen LogP contribution in [0.15, 0.2) is 41.2 Å². The fourth-order valence-corrected chi connectivity index (χ4v) is 4.55. The Morgan fingerprint density at radius 3 is 2.70 bits per heavy atom. The average Bonchev–Trinajstić information content (AvgIpc) is 3.11. The molecule has 0 spiro atoms. The Morgan fingerprint density at radius 2 is 2.00 bits per heavy atom. The van der Waals surface area contributed by atoms with Crippen LogP contribution in [-0.2, 0) is 10.5 Å². The molecule has 2 heterocycles. The van der Waals surface area contributed by atoms with Gasteiger partial charge >= 0.3 is 0 Å². The SMILES string of the molecule is CCC(CC)NC(=O)CSCc1nc2sc(-c3ccccc3)cc2c(=O)[nH]1. The predicted octanol–water partition coefficient (Wildman–Crippen LogP) is 4.19. The van der Waals surface area contributed by atoms with E-state index >= 15 is 0 Å². The van der Waals surface area contributed by atoms with Crippen LogP contribution < -0.4 is 10.9 Å². The van der Waals surface area contributed by atoms with E-state index < -0.39 is 0 Å². The Bertz CT molecular complexity index is 962. The minimum Gasteiger partial charge on any atom is -0.353 e. The first kappa shape index (κ1) is 19.6. The fourth-order valence-electron chi connectivity index (χ4n) is 2.79. The van der Waals surface area contributed by atoms with Crippen molar-refractivity contribution >= 4 is 39.2 Å². The van der Waals surface area contributed by atoms with Crippen molar-refractivity contribution in [3.8, 4) is 10.4 Å². The van der Waals surface area contributed by atoms with Crippen molar-refractivity contribution in [1.82, 2.24) is 15.3 Å². The zero-order valence-electron chi connectivity index (χ0n) is 15.5. The highest BCUT2D eigenvalue weighted by Crippen LogP contribution is 2.30. The molecule has 0 radical (unpaired) electrons. The summed E-state index contributed by atoms with van der Waals surface area (Å²) in [5.74, 6) is 1.49. The van der Waals surface area contributed by atoms with Gasteiger partial charge in [-0.2, -0.15) is 0 Å². The average molecular weight is 402 g/mol. The summed E-state index contributed by atoms with van der Waals surface area (Å²) in [4.78, 5) is 33.5. The van der Waals surface area contributed by atoms with Gasteiger partial charge in [0.15, 0.2) is 0 Å². The number of aromatic amines is 1. The lowest BCUT2D eigenvalue weighted by Crippen LogP contribution is -2.35. The summed E-state index contributed by atoms with van der Waals surface area (Å²) in [6.07, 6.45) is 1.86. The number of H-pyrrole nitrogens is 1. The molecule has 0 unspecified atom stereocenters. The van der Waals surface area contributed by atoms with Crippen LogP contribution in [0.25, 0.3) is 20.7 Å². The molecule has 0 aliphatic carbocycles. The second-order valence-corrected chi connectivity index (χ2v) is 8.30. The number of nitrogens with zero attached hydrogens (tertiary/aromatic N) is 1. The van der Waals surface area contributed by atoms with E-state index in [0.717, 1.165) is 28.1 Å². The van der Waals surface area contributed by atoms with Gasteiger partial charge in [-0.25, -0.2) is 4.98 Å². The van der Waals surface area contributed by atoms with Gasteiger partial charge < -0.3 is 10.3 Å². The largest absolute Gasteiger partial charge is 0.353 e. The molecule has 3 aromatic rings. The summed E-state index contributed by atoms with van der Waals surface area (Å²) in [6.45, 7) is 4.13. The van der Waals surface area contributed by atoms with Gasteiger partial charge in [-0.1, -0.05) is 44.2 Å². The molecule has 0 bridgehead atoms. The number of thioether (sulfide) groups is 1. The van der Waals surface area contributed by atoms with Crippen LogP contribution in [0.1, 0.15) is 32.5 Å². The Balaban J connectivity index is 1.67. The number of benzene rings is 1. The van der Waals surface area contributed by atoms with Crippen molar-refractivity contribution in [2.45, 2.75) is 38.5 Å². The molecular formula is C20H23N3O2S2. The Labute approximate surface area is 166 Å². The highest BCUT2D eigenvalue weighted by Gasteiger charge is 2.12. The van der Waals surface area contributed by atoms with Crippen LogP contribution in [0.3, 0.4) is 0 Å². The first-order chi connectivity index (χ1) is 13.1. The highest BCUT2D eigenvalue weighted by atomic mass is 32.2. The molecule has 2 N–H and O–H groups in total. The normalized spacial score (nSPS) is 11.2. The maximum absolute atomic E-state index is 12.4. The van der Waals surface area contributed by atoms with Gasteiger partial charge in [-0.3, -0.25) is 9.59 Å². The second-order valence-electron chi connectivity index (χ2n) is 6.28. The number of rotatable bonds is 8. The third-order valence-electron chi connectivity index (χ3n) is 4.33. The van der Waals surface area contributed by atoms with E-state index in [1.807, 2.05) is 36.4 Å². The highest BCUT2D eigenvalue weighted by molar-refractivity contribution is 7.99. The molecule has 0 fully saturated rings. The summed E-state index contributed by atoms with van der Waals surface area (Å²) in [5.41, 5.74) is 0.949. The monoisotopic (exact) mass is 401 g/mol. The summed E-state index contributed by atoms with van der Waals surface area (Å²) in [6, 6.07) is 12.1. The molecule has 0 saturated heterocycles. The van der Waals surface area contributed by atoms with E-state index in [-0.39, 0.29) is 17.5 Å². The van der Waals surface area contributed by atoms with Gasteiger partial charge in [0.2, 0.25) is 5.91 Å². The van der Waals surface area contributed by atoms with E-state index in [1.165, 1.54) is 23.1 Å². The van der Waals surface area contributed by atoms with Crippen LogP contribution in [0.2, 0.25) is 0 Å². The minimum absolute atomic E-state index is 0.0274. The molecular weight excluding hydrogens is 378 g/mol. The minimum atomic E-state index is -0.129. The Kier molecular flexibility index (Phi) is 6.68. The van der Waals surface area contributed by atoms with Crippen molar-refractivity contribution in [2.24, 2.45) is 0 Å². The van der Waals surface area contributed by atoms with E-state index in [1.54, 1.807) is 0 Å². The van der Waals surface area contributed by atoms with Crippen LogP contribution in [-0.4, -0.2) is 27.7 Å². The maximum Gasteiger partial charge on any atom is 0.259 e. The smallest absolute Gasteiger partial charge is 0.259 e. The number of thiophene rings is 1. The molecule has 7 heteroatoms. The number of nitrogens with one attached hydrogen (secondary N) is 2. The van der Waals surface area contributed by atoms with Gasteiger partial charge in [0.25, 0.3) is 5.56 Å². The number of amides is 1. The molecule has 0 aliphatic heterocycles. The molecule has 1 aromatic carbocycles. The van der Waals surface area contributed by atoms with Crippen LogP contribution >= 0.6 is 23.1 Å². The van der Waals surface area contributed by atoms with Crippen LogP contribution in [0.5, 0.6) is 0 Å². The van der Waals surface area contributed by atoms with Gasteiger partial charge in [0.1, 0.15) is 10.7 Å². The summed E-state index contributed by atoms with van der Waals surface area (Å²) < 4.78 is 0. The summed E-state index contributed by atoms with van der Waals surface area (Å²) in [5, 5.41) is 3.63. The zero-order chi connectivity index (χ0) is 19.2. The van der Waals surface area contributed by atoms with Gasteiger partial charge in [0, 0.05) is 10.9 Å². The third-order valence-corrected chi connectivity index (χ3v) is 6.35. The van der Waals surface area contributed by atoms with Crippen LogP contribution in [0.4, 0.5) is 0 Å². The molecule has 3 rings (SSSR count). The zero-order valence-corrected chi connectivity index (χ0v) is 17.1. The standard InChI is InChI=1S/C20H23N3O2S2/c1-3-14(4-2)21-18(24)12-26-11-17-22-19(25)15-10-16(27-20(15)23-17)13-8-6-5-7-9-13/h5-10,14H,3-4,11-12H2,1-2H3,(H,21,24)(H,22,23,25). The lowest BCUT2D eigenvalue weighted by molar-refractivity contribution is -0.119. The lowest BCUT2D eigenvalue weighted by Gasteiger charge is -2.14. The maximum atomic E-state index is 12.4. The molecule has 142 valence electrons. The van der Waals surface area contributed by atoms with Crippen LogP contribution in [0, 0.1) is 0 Å². The van der Waals surface area contributed by atoms with Crippen molar-refractivity contribution in [2.75, 3.05) is 5.75 Å². The molecule has 2 aromatic heterocycles. The van der Waals surface area contributed by atoms with Crippen molar-refractivity contribution < 1.29 is 4.79 Å². The number of hydrogen-bond acceptors (Lipinski definition) is 5. The first-order valence-corrected chi connectivity index (χ1v) is 11.0. The predicted molar refractivity (Wildman–Crippen MR) is 114 cm³/mol. The molecule has 27 heavy (non-hydrogen) atoms. The molecule has 0 atom stereocenters. The Morgan fingerprint density at radius 1 is 1.26 bits per heavy atom. The quantitative estimate of drug-likeness (QED) is 0.593. The van der Waals surface area contributed by atoms with Crippen molar-refractivity contribution in [3.05, 3.63) is 52.6 Å². The first-order valence-electron chi connectivity index (χ1n) is 9.06. The fraction of sp³-hybridized carbons (Fsp3) is 0.350. The molecule has 0 saturated carbocycles.